The van der Waals surface area contributed by atoms with Crippen molar-refractivity contribution in [1.29, 1.82) is 0 Å². The van der Waals surface area contributed by atoms with Crippen molar-refractivity contribution in [2.75, 3.05) is 13.1 Å². The molecular weight excluding hydrogens is 316 g/mol. The summed E-state index contributed by atoms with van der Waals surface area (Å²) in [6.07, 6.45) is 6.52. The average Bonchev–Trinajstić information content (AvgIpc) is 3.22. The highest BCUT2D eigenvalue weighted by molar-refractivity contribution is 5.75. The number of piperidine rings is 1. The van der Waals surface area contributed by atoms with Crippen molar-refractivity contribution in [3.8, 4) is 0 Å². The quantitative estimate of drug-likeness (QED) is 0.895. The number of hydrogen-bond donors (Lipinski definition) is 2. The minimum absolute atomic E-state index is 0.00533. The number of nitrogens with zero attached hydrogens (tertiary/aromatic N) is 4. The first-order valence-electron chi connectivity index (χ1n) is 9.06. The molecule has 1 saturated heterocycles. The zero-order chi connectivity index (χ0) is 18.0. The third-order valence-electron chi connectivity index (χ3n) is 5.23. The van der Waals surface area contributed by atoms with Gasteiger partial charge in [0.25, 0.3) is 0 Å². The van der Waals surface area contributed by atoms with Crippen LogP contribution in [0.25, 0.3) is 0 Å². The SMILES string of the molecule is CC[C@H](NC(=O)N1CCC[C@H](c2ncc[nH]2)C1)c1c(C)nn(C)c1C. The lowest BCUT2D eigenvalue weighted by Gasteiger charge is -2.33. The lowest BCUT2D eigenvalue weighted by Crippen LogP contribution is -2.46. The second-order valence-electron chi connectivity index (χ2n) is 6.88. The number of aryl methyl sites for hydroxylation is 2. The molecule has 1 fully saturated rings. The molecule has 25 heavy (non-hydrogen) atoms. The molecule has 1 aliphatic rings. The average molecular weight is 344 g/mol. The molecule has 0 aliphatic carbocycles. The van der Waals surface area contributed by atoms with Gasteiger partial charge < -0.3 is 15.2 Å². The molecule has 0 aromatic carbocycles. The van der Waals surface area contributed by atoms with Crippen LogP contribution in [0.1, 0.15) is 60.9 Å². The number of carbonyl (C=O) groups excluding carboxylic acids is 1. The number of aromatic amines is 1. The summed E-state index contributed by atoms with van der Waals surface area (Å²) >= 11 is 0. The molecule has 0 spiro atoms. The van der Waals surface area contributed by atoms with E-state index in [1.807, 2.05) is 29.7 Å². The maximum Gasteiger partial charge on any atom is 0.317 e. The molecule has 7 heteroatoms. The number of rotatable bonds is 4. The molecule has 0 saturated carbocycles. The van der Waals surface area contributed by atoms with E-state index in [1.54, 1.807) is 6.20 Å². The van der Waals surface area contributed by atoms with E-state index in [2.05, 4.69) is 34.2 Å². The molecule has 0 unspecified atom stereocenters. The minimum Gasteiger partial charge on any atom is -0.348 e. The molecule has 2 aromatic heterocycles. The number of amides is 2. The Bertz CT molecular complexity index is 720. The number of carbonyl (C=O) groups is 1. The van der Waals surface area contributed by atoms with Crippen molar-refractivity contribution in [3.63, 3.8) is 0 Å². The van der Waals surface area contributed by atoms with Gasteiger partial charge in [-0.05, 0) is 33.1 Å². The second-order valence-corrected chi connectivity index (χ2v) is 6.88. The van der Waals surface area contributed by atoms with Gasteiger partial charge in [-0.1, -0.05) is 6.92 Å². The molecule has 0 bridgehead atoms. The minimum atomic E-state index is -0.00908. The number of urea groups is 1. The summed E-state index contributed by atoms with van der Waals surface area (Å²) in [6, 6.07) is -0.00375. The number of nitrogens with one attached hydrogen (secondary N) is 2. The summed E-state index contributed by atoms with van der Waals surface area (Å²) in [5.41, 5.74) is 3.23. The summed E-state index contributed by atoms with van der Waals surface area (Å²) in [4.78, 5) is 22.3. The Hall–Kier alpha value is -2.31. The maximum atomic E-state index is 12.8. The van der Waals surface area contributed by atoms with E-state index in [0.717, 1.165) is 48.6 Å². The van der Waals surface area contributed by atoms with E-state index in [4.69, 9.17) is 0 Å². The summed E-state index contributed by atoms with van der Waals surface area (Å²) < 4.78 is 1.88. The number of aromatic nitrogens is 4. The Morgan fingerprint density at radius 2 is 2.28 bits per heavy atom. The van der Waals surface area contributed by atoms with Crippen LogP contribution in [0.15, 0.2) is 12.4 Å². The van der Waals surface area contributed by atoms with Crippen LogP contribution in [0.5, 0.6) is 0 Å². The summed E-state index contributed by atoms with van der Waals surface area (Å²) in [5, 5.41) is 7.70. The molecule has 3 rings (SSSR count). The standard InChI is InChI=1S/C18H28N6O/c1-5-15(16-12(2)22-23(4)13(16)3)21-18(25)24-10-6-7-14(11-24)17-19-8-9-20-17/h8-9,14-15H,5-7,10-11H2,1-4H3,(H,19,20)(H,21,25)/t14-,15-/m0/s1. The zero-order valence-electron chi connectivity index (χ0n) is 15.5. The van der Waals surface area contributed by atoms with E-state index in [9.17, 15) is 4.79 Å². The summed E-state index contributed by atoms with van der Waals surface area (Å²) in [7, 11) is 1.94. The Morgan fingerprint density at radius 3 is 2.88 bits per heavy atom. The Balaban J connectivity index is 1.69. The normalized spacial score (nSPS) is 19.0. The summed E-state index contributed by atoms with van der Waals surface area (Å²) in [6.45, 7) is 7.66. The first-order chi connectivity index (χ1) is 12.0. The van der Waals surface area contributed by atoms with E-state index in [1.165, 1.54) is 0 Å². The lowest BCUT2D eigenvalue weighted by molar-refractivity contribution is 0.174. The van der Waals surface area contributed by atoms with Gasteiger partial charge in [0.2, 0.25) is 0 Å². The van der Waals surface area contributed by atoms with Crippen molar-refractivity contribution < 1.29 is 4.79 Å². The molecule has 2 amide bonds. The van der Waals surface area contributed by atoms with Crippen LogP contribution in [-0.4, -0.2) is 43.8 Å². The molecule has 2 atom stereocenters. The first-order valence-corrected chi connectivity index (χ1v) is 9.06. The smallest absolute Gasteiger partial charge is 0.317 e. The molecule has 7 nitrogen and oxygen atoms in total. The van der Waals surface area contributed by atoms with E-state index >= 15 is 0 Å². The molecule has 2 N–H and O–H groups in total. The fourth-order valence-electron chi connectivity index (χ4n) is 3.80. The fraction of sp³-hybridized carbons (Fsp3) is 0.611. The topological polar surface area (TPSA) is 78.8 Å². The molecule has 136 valence electrons. The van der Waals surface area contributed by atoms with Crippen LogP contribution >= 0.6 is 0 Å². The monoisotopic (exact) mass is 344 g/mol. The van der Waals surface area contributed by atoms with Gasteiger partial charge in [-0.2, -0.15) is 5.10 Å². The van der Waals surface area contributed by atoms with Crippen molar-refractivity contribution >= 4 is 6.03 Å². The van der Waals surface area contributed by atoms with Gasteiger partial charge >= 0.3 is 6.03 Å². The Morgan fingerprint density at radius 1 is 1.48 bits per heavy atom. The molecular formula is C18H28N6O. The number of likely N-dealkylation sites (tertiary alicyclic amines) is 1. The number of hydrogen-bond acceptors (Lipinski definition) is 3. The van der Waals surface area contributed by atoms with Crippen molar-refractivity contribution in [1.82, 2.24) is 30.0 Å². The summed E-state index contributed by atoms with van der Waals surface area (Å²) in [5.74, 6) is 1.26. The maximum absolute atomic E-state index is 12.8. The fourth-order valence-corrected chi connectivity index (χ4v) is 3.80. The highest BCUT2D eigenvalue weighted by Gasteiger charge is 2.28. The molecule has 0 radical (unpaired) electrons. The third kappa shape index (κ3) is 3.55. The van der Waals surface area contributed by atoms with Gasteiger partial charge in [0.1, 0.15) is 5.82 Å². The predicted molar refractivity (Wildman–Crippen MR) is 96.4 cm³/mol. The predicted octanol–water partition coefficient (Wildman–Crippen LogP) is 2.80. The van der Waals surface area contributed by atoms with Gasteiger partial charge in [-0.25, -0.2) is 9.78 Å². The lowest BCUT2D eigenvalue weighted by atomic mass is 9.97. The zero-order valence-corrected chi connectivity index (χ0v) is 15.5. The first kappa shape index (κ1) is 17.5. The van der Waals surface area contributed by atoms with Gasteiger partial charge in [0.05, 0.1) is 11.7 Å². The molecule has 3 heterocycles. The Labute approximate surface area is 148 Å². The molecule has 1 aliphatic heterocycles. The van der Waals surface area contributed by atoms with Crippen molar-refractivity contribution in [3.05, 3.63) is 35.2 Å². The number of imidazole rings is 1. The Kier molecular flexibility index (Phi) is 5.11. The van der Waals surface area contributed by atoms with E-state index in [-0.39, 0.29) is 18.0 Å². The second kappa shape index (κ2) is 7.29. The van der Waals surface area contributed by atoms with Gasteiger partial charge in [-0.15, -0.1) is 0 Å². The van der Waals surface area contributed by atoms with E-state index in [0.29, 0.717) is 6.54 Å². The largest absolute Gasteiger partial charge is 0.348 e. The van der Waals surface area contributed by atoms with Crippen LogP contribution in [0.3, 0.4) is 0 Å². The van der Waals surface area contributed by atoms with Gasteiger partial charge in [-0.3, -0.25) is 4.68 Å². The van der Waals surface area contributed by atoms with Crippen LogP contribution in [-0.2, 0) is 7.05 Å². The van der Waals surface area contributed by atoms with Crippen LogP contribution in [0.2, 0.25) is 0 Å². The van der Waals surface area contributed by atoms with E-state index < -0.39 is 0 Å². The van der Waals surface area contributed by atoms with Crippen molar-refractivity contribution in [2.24, 2.45) is 7.05 Å². The molecule has 2 aromatic rings. The highest BCUT2D eigenvalue weighted by Crippen LogP contribution is 2.27. The van der Waals surface area contributed by atoms with Crippen LogP contribution < -0.4 is 5.32 Å². The van der Waals surface area contributed by atoms with Crippen LogP contribution in [0, 0.1) is 13.8 Å². The highest BCUT2D eigenvalue weighted by atomic mass is 16.2. The van der Waals surface area contributed by atoms with Gasteiger partial charge in [0, 0.05) is 49.7 Å². The van der Waals surface area contributed by atoms with Crippen LogP contribution in [0.4, 0.5) is 4.79 Å². The van der Waals surface area contributed by atoms with Gasteiger partial charge in [0.15, 0.2) is 0 Å². The third-order valence-corrected chi connectivity index (χ3v) is 5.23. The number of H-pyrrole nitrogens is 1. The van der Waals surface area contributed by atoms with Crippen molar-refractivity contribution in [2.45, 2.75) is 52.0 Å².